The molecule has 1 fully saturated rings. The van der Waals surface area contributed by atoms with Crippen LogP contribution in [0.5, 0.6) is 5.75 Å². The quantitative estimate of drug-likeness (QED) is 0.585. The van der Waals surface area contributed by atoms with E-state index < -0.39 is 15.4 Å². The van der Waals surface area contributed by atoms with E-state index in [1.807, 2.05) is 32.9 Å². The van der Waals surface area contributed by atoms with E-state index in [1.165, 1.54) is 0 Å². The Morgan fingerprint density at radius 1 is 1.03 bits per heavy atom. The summed E-state index contributed by atoms with van der Waals surface area (Å²) in [6.07, 6.45) is 1.44. The van der Waals surface area contributed by atoms with Crippen molar-refractivity contribution in [3.8, 4) is 5.75 Å². The lowest BCUT2D eigenvalue weighted by Gasteiger charge is -2.44. The Morgan fingerprint density at radius 3 is 2.06 bits per heavy atom. The highest BCUT2D eigenvalue weighted by Gasteiger charge is 2.38. The highest BCUT2D eigenvalue weighted by atomic mass is 32.2. The standard InChI is InChI=1S/C26H35NO5S/c1-25(2,3)32-24(28)27-16-15-20(26(4,5)18-27)17-19-7-11-22(12-8-19)33(29,30)23-13-9-21(31-6)10-14-23/h7-14,20H,15-18H2,1-6H3. The van der Waals surface area contributed by atoms with Gasteiger partial charge >= 0.3 is 6.09 Å². The van der Waals surface area contributed by atoms with Crippen molar-refractivity contribution in [1.82, 2.24) is 4.90 Å². The molecular weight excluding hydrogens is 438 g/mol. The average Bonchev–Trinajstić information content (AvgIpc) is 2.74. The molecule has 7 heteroatoms. The number of methoxy groups -OCH3 is 1. The molecule has 1 aliphatic rings. The maximum Gasteiger partial charge on any atom is 0.410 e. The van der Waals surface area contributed by atoms with Crippen LogP contribution in [0.25, 0.3) is 0 Å². The number of hydrogen-bond acceptors (Lipinski definition) is 5. The Hall–Kier alpha value is -2.54. The number of carbonyl (C=O) groups excluding carboxylic acids is 1. The Morgan fingerprint density at radius 2 is 1.58 bits per heavy atom. The fourth-order valence-corrected chi connectivity index (χ4v) is 5.50. The van der Waals surface area contributed by atoms with Crippen molar-refractivity contribution >= 4 is 15.9 Å². The molecule has 180 valence electrons. The van der Waals surface area contributed by atoms with E-state index in [-0.39, 0.29) is 21.3 Å². The molecule has 0 aromatic heterocycles. The molecule has 0 bridgehead atoms. The minimum absolute atomic E-state index is 0.0804. The monoisotopic (exact) mass is 473 g/mol. The van der Waals surface area contributed by atoms with Crippen LogP contribution in [0.4, 0.5) is 4.79 Å². The van der Waals surface area contributed by atoms with Crippen molar-refractivity contribution in [3.05, 3.63) is 54.1 Å². The molecule has 0 aliphatic carbocycles. The summed E-state index contributed by atoms with van der Waals surface area (Å²) in [6.45, 7) is 11.3. The molecule has 3 rings (SSSR count). The van der Waals surface area contributed by atoms with Crippen LogP contribution in [-0.4, -0.2) is 45.2 Å². The molecule has 2 aromatic rings. The number of rotatable bonds is 5. The Balaban J connectivity index is 1.68. The molecule has 2 aromatic carbocycles. The van der Waals surface area contributed by atoms with Crippen LogP contribution in [0.15, 0.2) is 58.3 Å². The van der Waals surface area contributed by atoms with Crippen LogP contribution in [0, 0.1) is 11.3 Å². The average molecular weight is 474 g/mol. The molecular formula is C26H35NO5S. The number of benzene rings is 2. The first-order valence-corrected chi connectivity index (χ1v) is 12.8. The number of hydrogen-bond donors (Lipinski definition) is 0. The van der Waals surface area contributed by atoms with Crippen molar-refractivity contribution in [3.63, 3.8) is 0 Å². The first-order valence-electron chi connectivity index (χ1n) is 11.3. The van der Waals surface area contributed by atoms with Gasteiger partial charge in [-0.05, 0) is 86.9 Å². The summed E-state index contributed by atoms with van der Waals surface area (Å²) in [5.74, 6) is 0.991. The van der Waals surface area contributed by atoms with E-state index in [2.05, 4.69) is 13.8 Å². The van der Waals surface area contributed by atoms with Crippen molar-refractivity contribution < 1.29 is 22.7 Å². The van der Waals surface area contributed by atoms with E-state index in [1.54, 1.807) is 48.4 Å². The van der Waals surface area contributed by atoms with Crippen LogP contribution in [0.2, 0.25) is 0 Å². The molecule has 6 nitrogen and oxygen atoms in total. The second-order valence-electron chi connectivity index (χ2n) is 10.4. The third-order valence-corrected chi connectivity index (χ3v) is 7.97. The summed E-state index contributed by atoms with van der Waals surface area (Å²) in [4.78, 5) is 14.8. The molecule has 0 N–H and O–H groups in total. The molecule has 33 heavy (non-hydrogen) atoms. The van der Waals surface area contributed by atoms with Gasteiger partial charge in [-0.15, -0.1) is 0 Å². The Bertz CT molecular complexity index is 1070. The number of ether oxygens (including phenoxy) is 2. The minimum atomic E-state index is -3.58. The minimum Gasteiger partial charge on any atom is -0.497 e. The second kappa shape index (κ2) is 9.37. The van der Waals surface area contributed by atoms with Gasteiger partial charge in [0, 0.05) is 13.1 Å². The summed E-state index contributed by atoms with van der Waals surface area (Å²) >= 11 is 0. The summed E-state index contributed by atoms with van der Waals surface area (Å²) in [7, 11) is -2.04. The topological polar surface area (TPSA) is 72.9 Å². The molecule has 0 spiro atoms. The fraction of sp³-hybridized carbons (Fsp3) is 0.500. The number of sulfone groups is 1. The van der Waals surface area contributed by atoms with E-state index in [4.69, 9.17) is 9.47 Å². The number of amides is 1. The van der Waals surface area contributed by atoms with Gasteiger partial charge in [0.15, 0.2) is 0 Å². The maximum atomic E-state index is 12.9. The fourth-order valence-electron chi connectivity index (χ4n) is 4.24. The normalized spacial score (nSPS) is 18.6. The predicted molar refractivity (Wildman–Crippen MR) is 128 cm³/mol. The van der Waals surface area contributed by atoms with Crippen LogP contribution in [0.3, 0.4) is 0 Å². The lowest BCUT2D eigenvalue weighted by molar-refractivity contribution is -0.00409. The smallest absolute Gasteiger partial charge is 0.410 e. The number of nitrogens with zero attached hydrogens (tertiary/aromatic N) is 1. The van der Waals surface area contributed by atoms with Gasteiger partial charge in [0.05, 0.1) is 16.9 Å². The third-order valence-electron chi connectivity index (χ3n) is 6.19. The van der Waals surface area contributed by atoms with Crippen LogP contribution >= 0.6 is 0 Å². The van der Waals surface area contributed by atoms with Crippen molar-refractivity contribution in [2.45, 2.75) is 62.9 Å². The van der Waals surface area contributed by atoms with Crippen molar-refractivity contribution in [2.24, 2.45) is 11.3 Å². The van der Waals surface area contributed by atoms with Gasteiger partial charge in [0.25, 0.3) is 0 Å². The lowest BCUT2D eigenvalue weighted by Crippen LogP contribution is -2.50. The molecule has 0 saturated carbocycles. The SMILES string of the molecule is COc1ccc(S(=O)(=O)c2ccc(CC3CCN(C(=O)OC(C)(C)C)CC3(C)C)cc2)cc1. The molecule has 0 radical (unpaired) electrons. The zero-order chi connectivity index (χ0) is 24.4. The summed E-state index contributed by atoms with van der Waals surface area (Å²) in [6, 6.07) is 13.6. The van der Waals surface area contributed by atoms with E-state index in [0.29, 0.717) is 24.8 Å². The van der Waals surface area contributed by atoms with Gasteiger partial charge in [0.1, 0.15) is 11.4 Å². The second-order valence-corrected chi connectivity index (χ2v) is 12.4. The van der Waals surface area contributed by atoms with Gasteiger partial charge in [-0.2, -0.15) is 0 Å². The third kappa shape index (κ3) is 6.08. The molecule has 1 unspecified atom stereocenters. The van der Waals surface area contributed by atoms with Gasteiger partial charge in [-0.3, -0.25) is 0 Å². The van der Waals surface area contributed by atoms with E-state index >= 15 is 0 Å². The van der Waals surface area contributed by atoms with Crippen LogP contribution in [0.1, 0.15) is 46.6 Å². The van der Waals surface area contributed by atoms with E-state index in [9.17, 15) is 13.2 Å². The molecule has 1 amide bonds. The summed E-state index contributed by atoms with van der Waals surface area (Å²) in [5.41, 5.74) is 0.502. The molecule has 1 heterocycles. The van der Waals surface area contributed by atoms with Crippen LogP contribution < -0.4 is 4.74 Å². The van der Waals surface area contributed by atoms with Crippen molar-refractivity contribution in [2.75, 3.05) is 20.2 Å². The highest BCUT2D eigenvalue weighted by Crippen LogP contribution is 2.38. The first kappa shape index (κ1) is 25.1. The Labute approximate surface area is 197 Å². The largest absolute Gasteiger partial charge is 0.497 e. The first-order chi connectivity index (χ1) is 15.3. The molecule has 1 atom stereocenters. The van der Waals surface area contributed by atoms with Gasteiger partial charge in [-0.25, -0.2) is 13.2 Å². The lowest BCUT2D eigenvalue weighted by atomic mass is 9.71. The number of likely N-dealkylation sites (tertiary alicyclic amines) is 1. The van der Waals surface area contributed by atoms with Crippen LogP contribution in [-0.2, 0) is 21.0 Å². The highest BCUT2D eigenvalue weighted by molar-refractivity contribution is 7.91. The van der Waals surface area contributed by atoms with Gasteiger partial charge in [-0.1, -0.05) is 26.0 Å². The summed E-state index contributed by atoms with van der Waals surface area (Å²) in [5, 5.41) is 0. The van der Waals surface area contributed by atoms with E-state index in [0.717, 1.165) is 18.4 Å². The number of piperidine rings is 1. The van der Waals surface area contributed by atoms with Gasteiger partial charge in [0.2, 0.25) is 9.84 Å². The number of carbonyl (C=O) groups is 1. The molecule has 1 aliphatic heterocycles. The summed E-state index contributed by atoms with van der Waals surface area (Å²) < 4.78 is 36.5. The Kier molecular flexibility index (Phi) is 7.13. The van der Waals surface area contributed by atoms with Gasteiger partial charge < -0.3 is 14.4 Å². The zero-order valence-electron chi connectivity index (χ0n) is 20.4. The zero-order valence-corrected chi connectivity index (χ0v) is 21.2. The van der Waals surface area contributed by atoms with Crippen molar-refractivity contribution in [1.29, 1.82) is 0 Å². The maximum absolute atomic E-state index is 12.9. The predicted octanol–water partition coefficient (Wildman–Crippen LogP) is 5.35. The molecule has 1 saturated heterocycles.